The van der Waals surface area contributed by atoms with Gasteiger partial charge in [-0.25, -0.2) is 0 Å². The summed E-state index contributed by atoms with van der Waals surface area (Å²) in [5, 5.41) is 17.6. The average Bonchev–Trinajstić information content (AvgIpc) is 3.29. The van der Waals surface area contributed by atoms with Gasteiger partial charge in [0.2, 0.25) is 0 Å². The van der Waals surface area contributed by atoms with Crippen molar-refractivity contribution in [3.63, 3.8) is 0 Å². The fourth-order valence-electron chi connectivity index (χ4n) is 4.63. The number of ketones is 1. The number of benzene rings is 2. The molecule has 0 radical (unpaired) electrons. The molecule has 0 spiro atoms. The number of carbonyl (C=O) groups is 1. The summed E-state index contributed by atoms with van der Waals surface area (Å²) >= 11 is 0. The van der Waals surface area contributed by atoms with E-state index in [4.69, 9.17) is 0 Å². The molecule has 150 valence electrons. The van der Waals surface area contributed by atoms with Crippen molar-refractivity contribution >= 4 is 22.8 Å². The second kappa shape index (κ2) is 7.03. The lowest BCUT2D eigenvalue weighted by Gasteiger charge is -2.26. The Balaban J connectivity index is 1.60. The van der Waals surface area contributed by atoms with Gasteiger partial charge in [-0.15, -0.1) is 0 Å². The monoisotopic (exact) mass is 397 g/mol. The summed E-state index contributed by atoms with van der Waals surface area (Å²) < 4.78 is 1.75. The number of para-hydroxylation sites is 1. The molecular formula is C24H23N5O. The van der Waals surface area contributed by atoms with Gasteiger partial charge >= 0.3 is 0 Å². The molecule has 3 aromatic rings. The first-order valence-corrected chi connectivity index (χ1v) is 10.3. The van der Waals surface area contributed by atoms with Gasteiger partial charge in [-0.1, -0.05) is 12.1 Å². The summed E-state index contributed by atoms with van der Waals surface area (Å²) in [6, 6.07) is 12.7. The van der Waals surface area contributed by atoms with Gasteiger partial charge in [0.25, 0.3) is 0 Å². The number of carbonyl (C=O) groups excluding carboxylic acids is 1. The summed E-state index contributed by atoms with van der Waals surface area (Å²) in [6.45, 7) is 2.90. The Bertz CT molecular complexity index is 1200. The number of nitrogens with zero attached hydrogens (tertiary/aromatic N) is 4. The van der Waals surface area contributed by atoms with Crippen LogP contribution in [0.5, 0.6) is 0 Å². The number of aryl methyl sites for hydroxylation is 1. The van der Waals surface area contributed by atoms with Crippen LogP contribution in [0.1, 0.15) is 30.0 Å². The number of nitrogens with one attached hydrogen (secondary N) is 1. The zero-order valence-electron chi connectivity index (χ0n) is 17.1. The fourth-order valence-corrected chi connectivity index (χ4v) is 4.63. The number of nitriles is 1. The van der Waals surface area contributed by atoms with E-state index in [1.54, 1.807) is 10.9 Å². The molecule has 1 atom stereocenters. The van der Waals surface area contributed by atoms with Crippen LogP contribution >= 0.6 is 0 Å². The molecule has 1 N–H and O–H groups in total. The van der Waals surface area contributed by atoms with Crippen LogP contribution in [-0.4, -0.2) is 28.2 Å². The number of aromatic nitrogens is 2. The summed E-state index contributed by atoms with van der Waals surface area (Å²) in [7, 11) is 1.88. The minimum atomic E-state index is 0.101. The zero-order valence-corrected chi connectivity index (χ0v) is 17.1. The van der Waals surface area contributed by atoms with Gasteiger partial charge in [0.1, 0.15) is 5.78 Å². The van der Waals surface area contributed by atoms with Crippen molar-refractivity contribution in [3.8, 4) is 17.2 Å². The summed E-state index contributed by atoms with van der Waals surface area (Å²) in [5.41, 5.74) is 7.98. The molecule has 0 unspecified atom stereocenters. The molecule has 0 saturated carbocycles. The average molecular weight is 397 g/mol. The first-order valence-electron chi connectivity index (χ1n) is 10.3. The first kappa shape index (κ1) is 18.4. The summed E-state index contributed by atoms with van der Waals surface area (Å²) in [4.78, 5) is 14.5. The minimum Gasteiger partial charge on any atom is -0.380 e. The van der Waals surface area contributed by atoms with Gasteiger partial charge in [0, 0.05) is 55.5 Å². The number of anilines is 3. The van der Waals surface area contributed by atoms with E-state index >= 15 is 0 Å². The maximum Gasteiger partial charge on any atom is 0.139 e. The molecule has 2 aliphatic rings. The van der Waals surface area contributed by atoms with Crippen molar-refractivity contribution in [1.29, 1.82) is 5.26 Å². The van der Waals surface area contributed by atoms with E-state index < -0.39 is 0 Å². The lowest BCUT2D eigenvalue weighted by atomic mass is 9.98. The molecule has 0 aliphatic carbocycles. The molecule has 3 heterocycles. The smallest absolute Gasteiger partial charge is 0.139 e. The highest BCUT2D eigenvalue weighted by Crippen LogP contribution is 2.43. The fraction of sp³-hybridized carbons (Fsp3) is 0.292. The van der Waals surface area contributed by atoms with E-state index in [-0.39, 0.29) is 11.8 Å². The van der Waals surface area contributed by atoms with Crippen molar-refractivity contribution in [1.82, 2.24) is 9.78 Å². The van der Waals surface area contributed by atoms with Gasteiger partial charge in [0.05, 0.1) is 29.2 Å². The standard InChI is InChI=1S/C24H23N5O/c1-15-8-20(30)9-17-4-3-5-22(24(17)27-15)29-7-6-16-10-21(18(12-25)11-23(16)29)19-13-26-28(2)14-19/h3-5,10-11,13-15,27H,6-9H2,1-2H3/t15-/m1/s1. The zero-order chi connectivity index (χ0) is 20.8. The van der Waals surface area contributed by atoms with Crippen LogP contribution in [0.2, 0.25) is 0 Å². The van der Waals surface area contributed by atoms with Gasteiger partial charge in [0.15, 0.2) is 0 Å². The Morgan fingerprint density at radius 1 is 1.23 bits per heavy atom. The van der Waals surface area contributed by atoms with Crippen LogP contribution in [-0.2, 0) is 24.7 Å². The summed E-state index contributed by atoms with van der Waals surface area (Å²) in [6.07, 6.45) is 5.65. The number of fused-ring (bicyclic) bond motifs is 2. The molecule has 0 amide bonds. The van der Waals surface area contributed by atoms with Crippen LogP contribution in [0, 0.1) is 11.3 Å². The topological polar surface area (TPSA) is 74.0 Å². The summed E-state index contributed by atoms with van der Waals surface area (Å²) in [5.74, 6) is 0.264. The molecule has 30 heavy (non-hydrogen) atoms. The van der Waals surface area contributed by atoms with E-state index in [0.717, 1.165) is 46.7 Å². The Kier molecular flexibility index (Phi) is 4.32. The van der Waals surface area contributed by atoms with Crippen molar-refractivity contribution in [2.75, 3.05) is 16.8 Å². The Morgan fingerprint density at radius 3 is 2.87 bits per heavy atom. The second-order valence-electron chi connectivity index (χ2n) is 8.22. The molecule has 0 fully saturated rings. The predicted molar refractivity (Wildman–Crippen MR) is 117 cm³/mol. The molecule has 6 heteroatoms. The molecule has 0 bridgehead atoms. The SMILES string of the molecule is C[C@@H]1CC(=O)Cc2cccc(N3CCc4cc(-c5cnn(C)c5)c(C#N)cc43)c2N1. The third-order valence-electron chi connectivity index (χ3n) is 5.98. The normalized spacial score (nSPS) is 17.7. The van der Waals surface area contributed by atoms with Gasteiger partial charge in [-0.05, 0) is 42.7 Å². The Hall–Kier alpha value is -3.59. The second-order valence-corrected chi connectivity index (χ2v) is 8.22. The highest BCUT2D eigenvalue weighted by molar-refractivity contribution is 5.90. The van der Waals surface area contributed by atoms with E-state index in [1.807, 2.05) is 31.4 Å². The molecule has 5 rings (SSSR count). The number of Topliss-reactive ketones (excluding diaryl/α,β-unsaturated/α-hetero) is 1. The van der Waals surface area contributed by atoms with Crippen molar-refractivity contribution in [3.05, 3.63) is 59.4 Å². The molecule has 2 aliphatic heterocycles. The van der Waals surface area contributed by atoms with E-state index in [2.05, 4.69) is 40.4 Å². The van der Waals surface area contributed by atoms with Gasteiger partial charge in [-0.2, -0.15) is 10.4 Å². The van der Waals surface area contributed by atoms with Crippen LogP contribution in [0.4, 0.5) is 17.1 Å². The van der Waals surface area contributed by atoms with Crippen LogP contribution in [0.25, 0.3) is 11.1 Å². The van der Waals surface area contributed by atoms with Crippen molar-refractivity contribution < 1.29 is 4.79 Å². The lowest BCUT2D eigenvalue weighted by molar-refractivity contribution is -0.118. The first-order chi connectivity index (χ1) is 14.5. The molecular weight excluding hydrogens is 374 g/mol. The maximum absolute atomic E-state index is 12.2. The maximum atomic E-state index is 12.2. The highest BCUT2D eigenvalue weighted by atomic mass is 16.1. The van der Waals surface area contributed by atoms with Crippen molar-refractivity contribution in [2.24, 2.45) is 7.05 Å². The number of rotatable bonds is 2. The van der Waals surface area contributed by atoms with E-state index in [9.17, 15) is 10.1 Å². The minimum absolute atomic E-state index is 0.101. The third kappa shape index (κ3) is 3.03. The highest BCUT2D eigenvalue weighted by Gasteiger charge is 2.28. The van der Waals surface area contributed by atoms with E-state index in [0.29, 0.717) is 18.4 Å². The van der Waals surface area contributed by atoms with Gasteiger partial charge in [-0.3, -0.25) is 9.48 Å². The number of hydrogen-bond acceptors (Lipinski definition) is 5. The third-order valence-corrected chi connectivity index (χ3v) is 5.98. The van der Waals surface area contributed by atoms with Crippen molar-refractivity contribution in [2.45, 2.75) is 32.2 Å². The molecule has 0 saturated heterocycles. The van der Waals surface area contributed by atoms with Gasteiger partial charge < -0.3 is 10.2 Å². The largest absolute Gasteiger partial charge is 0.380 e. The Morgan fingerprint density at radius 2 is 2.10 bits per heavy atom. The Labute approximate surface area is 175 Å². The lowest BCUT2D eigenvalue weighted by Crippen LogP contribution is -2.20. The quantitative estimate of drug-likeness (QED) is 0.708. The van der Waals surface area contributed by atoms with Crippen LogP contribution in [0.15, 0.2) is 42.7 Å². The van der Waals surface area contributed by atoms with Crippen LogP contribution < -0.4 is 10.2 Å². The van der Waals surface area contributed by atoms with E-state index in [1.165, 1.54) is 5.56 Å². The van der Waals surface area contributed by atoms with Crippen LogP contribution in [0.3, 0.4) is 0 Å². The molecule has 6 nitrogen and oxygen atoms in total. The number of hydrogen-bond donors (Lipinski definition) is 1. The molecule has 1 aromatic heterocycles. The predicted octanol–water partition coefficient (Wildman–Crippen LogP) is 3.97. The molecule has 2 aromatic carbocycles.